The summed E-state index contributed by atoms with van der Waals surface area (Å²) in [6.45, 7) is 0.351. The molecule has 0 bridgehead atoms. The first-order valence-electron chi connectivity index (χ1n) is 6.13. The van der Waals surface area contributed by atoms with Crippen LogP contribution in [0.15, 0.2) is 45.7 Å². The van der Waals surface area contributed by atoms with E-state index in [2.05, 4.69) is 5.32 Å². The number of thioether (sulfide) groups is 2. The molecule has 1 aromatic heterocycles. The monoisotopic (exact) mass is 333 g/mol. The number of anilines is 1. The van der Waals surface area contributed by atoms with Gasteiger partial charge in [0.05, 0.1) is 12.3 Å². The first kappa shape index (κ1) is 16.2. The average Bonchev–Trinajstić information content (AvgIpc) is 2.84. The van der Waals surface area contributed by atoms with Crippen molar-refractivity contribution in [3.05, 3.63) is 47.9 Å². The maximum atomic E-state index is 12.5. The quantitative estimate of drug-likeness (QED) is 0.719. The van der Waals surface area contributed by atoms with Crippen LogP contribution in [0.2, 0.25) is 0 Å². The van der Waals surface area contributed by atoms with Crippen LogP contribution in [0.4, 0.5) is 18.9 Å². The number of hydrogen-bond donors (Lipinski definition) is 1. The van der Waals surface area contributed by atoms with Gasteiger partial charge >= 0.3 is 5.51 Å². The van der Waals surface area contributed by atoms with Gasteiger partial charge in [-0.25, -0.2) is 0 Å². The molecule has 2 rings (SSSR count). The van der Waals surface area contributed by atoms with Crippen LogP contribution in [0.3, 0.4) is 0 Å². The molecule has 0 saturated heterocycles. The van der Waals surface area contributed by atoms with Gasteiger partial charge in [-0.3, -0.25) is 0 Å². The second-order valence-corrected chi connectivity index (χ2v) is 6.17. The summed E-state index contributed by atoms with van der Waals surface area (Å²) in [5, 5.41) is 2.99. The number of nitrogens with one attached hydrogen (secondary N) is 1. The topological polar surface area (TPSA) is 25.2 Å². The Labute approximate surface area is 129 Å². The fourth-order valence-corrected chi connectivity index (χ4v) is 2.83. The Hall–Kier alpha value is -1.21. The maximum Gasteiger partial charge on any atom is 0.446 e. The zero-order valence-corrected chi connectivity index (χ0v) is 12.9. The smallest absolute Gasteiger partial charge is 0.446 e. The molecular formula is C14H14F3NOS2. The third-order valence-corrected chi connectivity index (χ3v) is 3.95. The summed E-state index contributed by atoms with van der Waals surface area (Å²) >= 11 is 1.53. The molecule has 0 amide bonds. The molecule has 0 aliphatic rings. The zero-order valence-electron chi connectivity index (χ0n) is 11.2. The highest BCUT2D eigenvalue weighted by Crippen LogP contribution is 2.40. The van der Waals surface area contributed by atoms with Crippen molar-refractivity contribution in [2.75, 3.05) is 11.6 Å². The molecule has 0 radical (unpaired) electrons. The van der Waals surface area contributed by atoms with E-state index in [0.29, 0.717) is 18.0 Å². The van der Waals surface area contributed by atoms with Gasteiger partial charge in [-0.05, 0) is 42.3 Å². The molecule has 0 fully saturated rings. The molecule has 0 spiro atoms. The molecule has 0 aliphatic carbocycles. The Kier molecular flexibility index (Phi) is 5.52. The molecule has 7 heteroatoms. The zero-order chi connectivity index (χ0) is 15.3. The van der Waals surface area contributed by atoms with E-state index in [1.165, 1.54) is 6.07 Å². The fraction of sp³-hybridized carbons (Fsp3) is 0.286. The van der Waals surface area contributed by atoms with E-state index in [-0.39, 0.29) is 16.7 Å². The maximum absolute atomic E-state index is 12.5. The molecule has 0 aliphatic heterocycles. The lowest BCUT2D eigenvalue weighted by Gasteiger charge is -2.12. The van der Waals surface area contributed by atoms with Crippen LogP contribution >= 0.6 is 23.5 Å². The molecule has 2 nitrogen and oxygen atoms in total. The molecule has 114 valence electrons. The standard InChI is InChI=1S/C14H14F3NOS2/c1-20-9-11-7-6-10(19-11)8-18-12-4-2-3-5-13(12)21-14(15,16)17/h2-7,18H,8-9H2,1H3. The van der Waals surface area contributed by atoms with Crippen LogP contribution in [0, 0.1) is 0 Å². The summed E-state index contributed by atoms with van der Waals surface area (Å²) in [5.41, 5.74) is -3.85. The minimum Gasteiger partial charge on any atom is -0.463 e. The summed E-state index contributed by atoms with van der Waals surface area (Å²) in [6.07, 6.45) is 1.98. The fourth-order valence-electron chi connectivity index (χ4n) is 1.75. The second kappa shape index (κ2) is 7.17. The molecule has 2 aromatic rings. The van der Waals surface area contributed by atoms with Crippen molar-refractivity contribution in [3.8, 4) is 0 Å². The summed E-state index contributed by atoms with van der Waals surface area (Å²) < 4.78 is 43.0. The molecule has 1 heterocycles. The van der Waals surface area contributed by atoms with Gasteiger partial charge in [0.2, 0.25) is 0 Å². The van der Waals surface area contributed by atoms with Gasteiger partial charge in [-0.2, -0.15) is 24.9 Å². The van der Waals surface area contributed by atoms with Gasteiger partial charge in [0.15, 0.2) is 0 Å². The minimum absolute atomic E-state index is 0.121. The lowest BCUT2D eigenvalue weighted by molar-refractivity contribution is -0.0327. The lowest BCUT2D eigenvalue weighted by atomic mass is 10.3. The van der Waals surface area contributed by atoms with E-state index in [9.17, 15) is 13.2 Å². The Balaban J connectivity index is 2.02. The minimum atomic E-state index is -4.30. The van der Waals surface area contributed by atoms with E-state index in [0.717, 1.165) is 11.5 Å². The van der Waals surface area contributed by atoms with E-state index >= 15 is 0 Å². The summed E-state index contributed by atoms with van der Waals surface area (Å²) in [5.74, 6) is 2.34. The van der Waals surface area contributed by atoms with Crippen molar-refractivity contribution >= 4 is 29.2 Å². The number of benzene rings is 1. The lowest BCUT2D eigenvalue weighted by Crippen LogP contribution is -2.03. The van der Waals surface area contributed by atoms with E-state index in [4.69, 9.17) is 4.42 Å². The van der Waals surface area contributed by atoms with Gasteiger partial charge < -0.3 is 9.73 Å². The van der Waals surface area contributed by atoms with Crippen LogP contribution in [0.25, 0.3) is 0 Å². The highest BCUT2D eigenvalue weighted by Gasteiger charge is 2.30. The molecule has 0 unspecified atom stereocenters. The largest absolute Gasteiger partial charge is 0.463 e. The highest BCUT2D eigenvalue weighted by atomic mass is 32.2. The van der Waals surface area contributed by atoms with Gasteiger partial charge in [0.1, 0.15) is 11.5 Å². The van der Waals surface area contributed by atoms with Crippen molar-refractivity contribution in [2.24, 2.45) is 0 Å². The Morgan fingerprint density at radius 3 is 2.52 bits per heavy atom. The first-order valence-corrected chi connectivity index (χ1v) is 8.34. The van der Waals surface area contributed by atoms with E-state index in [1.807, 2.05) is 18.4 Å². The summed E-state index contributed by atoms with van der Waals surface area (Å²) in [4.78, 5) is 0.154. The third kappa shape index (κ3) is 5.24. The first-order chi connectivity index (χ1) is 9.98. The SMILES string of the molecule is CSCc1ccc(CNc2ccccc2SC(F)(F)F)o1. The van der Waals surface area contributed by atoms with Crippen LogP contribution in [0.5, 0.6) is 0 Å². The number of furan rings is 1. The van der Waals surface area contributed by atoms with Crippen LogP contribution < -0.4 is 5.32 Å². The number of para-hydroxylation sites is 1. The molecule has 1 aromatic carbocycles. The van der Waals surface area contributed by atoms with Gasteiger partial charge in [0.25, 0.3) is 0 Å². The van der Waals surface area contributed by atoms with Crippen molar-refractivity contribution in [2.45, 2.75) is 22.7 Å². The van der Waals surface area contributed by atoms with Gasteiger partial charge in [-0.15, -0.1) is 0 Å². The molecule has 0 atom stereocenters. The Bertz CT molecular complexity index is 584. The second-order valence-electron chi connectivity index (χ2n) is 4.20. The van der Waals surface area contributed by atoms with Crippen molar-refractivity contribution in [1.29, 1.82) is 0 Å². The Morgan fingerprint density at radius 2 is 1.81 bits per heavy atom. The molecule has 0 saturated carbocycles. The summed E-state index contributed by atoms with van der Waals surface area (Å²) in [7, 11) is 0. The summed E-state index contributed by atoms with van der Waals surface area (Å²) in [6, 6.07) is 10.1. The van der Waals surface area contributed by atoms with Crippen LogP contribution in [0.1, 0.15) is 11.5 Å². The Morgan fingerprint density at radius 1 is 1.10 bits per heavy atom. The number of rotatable bonds is 6. The number of alkyl halides is 3. The predicted octanol–water partition coefficient (Wildman–Crippen LogP) is 5.37. The molecular weight excluding hydrogens is 319 g/mol. The average molecular weight is 333 g/mol. The van der Waals surface area contributed by atoms with Crippen molar-refractivity contribution < 1.29 is 17.6 Å². The van der Waals surface area contributed by atoms with Crippen LogP contribution in [-0.4, -0.2) is 11.8 Å². The molecule has 21 heavy (non-hydrogen) atoms. The van der Waals surface area contributed by atoms with Crippen LogP contribution in [-0.2, 0) is 12.3 Å². The highest BCUT2D eigenvalue weighted by molar-refractivity contribution is 8.00. The third-order valence-electron chi connectivity index (χ3n) is 2.57. The van der Waals surface area contributed by atoms with Gasteiger partial charge in [0, 0.05) is 10.6 Å². The van der Waals surface area contributed by atoms with E-state index < -0.39 is 5.51 Å². The van der Waals surface area contributed by atoms with Crippen molar-refractivity contribution in [3.63, 3.8) is 0 Å². The van der Waals surface area contributed by atoms with E-state index in [1.54, 1.807) is 30.0 Å². The normalized spacial score (nSPS) is 11.6. The van der Waals surface area contributed by atoms with Crippen molar-refractivity contribution in [1.82, 2.24) is 0 Å². The predicted molar refractivity (Wildman–Crippen MR) is 81.6 cm³/mol. The number of halogens is 3. The van der Waals surface area contributed by atoms with Gasteiger partial charge in [-0.1, -0.05) is 12.1 Å². The molecule has 1 N–H and O–H groups in total. The number of hydrogen-bond acceptors (Lipinski definition) is 4.